The molecule has 2 rings (SSSR count). The van der Waals surface area contributed by atoms with Crippen LogP contribution in [-0.4, -0.2) is 63.4 Å². The molecule has 1 aromatic rings. The summed E-state index contributed by atoms with van der Waals surface area (Å²) in [4.78, 5) is 50.8. The van der Waals surface area contributed by atoms with Crippen LogP contribution in [0.1, 0.15) is 5.37 Å². The lowest BCUT2D eigenvalue weighted by atomic mass is 10.1. The van der Waals surface area contributed by atoms with Crippen molar-refractivity contribution >= 4 is 41.0 Å². The van der Waals surface area contributed by atoms with Gasteiger partial charge in [-0.2, -0.15) is 8.62 Å². The van der Waals surface area contributed by atoms with Crippen molar-refractivity contribution in [3.63, 3.8) is 0 Å². The number of hydrogen-bond donors (Lipinski definition) is 7. The maximum atomic E-state index is 11.9. The van der Waals surface area contributed by atoms with E-state index in [0.717, 1.165) is 22.5 Å². The van der Waals surface area contributed by atoms with E-state index in [1.165, 1.54) is 6.07 Å². The Balaban J connectivity index is 2.07. The Morgan fingerprint density at radius 2 is 1.72 bits per heavy atom. The fourth-order valence-corrected chi connectivity index (χ4v) is 6.86. The predicted molar refractivity (Wildman–Crippen MR) is 95.2 cm³/mol. The van der Waals surface area contributed by atoms with Crippen LogP contribution in [0.5, 0.6) is 0 Å². The first-order chi connectivity index (χ1) is 13.1. The van der Waals surface area contributed by atoms with Gasteiger partial charge in [-0.3, -0.25) is 9.09 Å². The van der Waals surface area contributed by atoms with Crippen LogP contribution in [0, 0.1) is 0 Å². The maximum Gasteiger partial charge on any atom is 0.490 e. The van der Waals surface area contributed by atoms with Crippen LogP contribution >= 0.6 is 35.2 Å². The summed E-state index contributed by atoms with van der Waals surface area (Å²) < 4.78 is 46.0. The second-order valence-corrected chi connectivity index (χ2v) is 11.2. The lowest BCUT2D eigenvalue weighted by Crippen LogP contribution is -2.36. The van der Waals surface area contributed by atoms with Crippen LogP contribution < -0.4 is 11.4 Å². The van der Waals surface area contributed by atoms with E-state index in [4.69, 9.17) is 20.4 Å². The molecular formula is C9H16N3O13P3S. The van der Waals surface area contributed by atoms with E-state index in [-0.39, 0.29) is 5.82 Å². The Kier molecular flexibility index (Phi) is 7.51. The number of nitrogen functional groups attached to an aromatic ring is 1. The van der Waals surface area contributed by atoms with Gasteiger partial charge < -0.3 is 35.5 Å². The monoisotopic (exact) mass is 499 g/mol. The number of anilines is 1. The molecule has 16 nitrogen and oxygen atoms in total. The van der Waals surface area contributed by atoms with E-state index in [1.807, 2.05) is 0 Å². The third-order valence-corrected chi connectivity index (χ3v) is 8.66. The van der Waals surface area contributed by atoms with Gasteiger partial charge in [0.1, 0.15) is 17.3 Å². The molecule has 0 aromatic carbocycles. The summed E-state index contributed by atoms with van der Waals surface area (Å²) in [5.41, 5.74) is 4.83. The molecule has 29 heavy (non-hydrogen) atoms. The number of nitrogens with two attached hydrogens (primary N) is 1. The molecule has 166 valence electrons. The van der Waals surface area contributed by atoms with Gasteiger partial charge in [0.25, 0.3) is 0 Å². The van der Waals surface area contributed by atoms with Gasteiger partial charge in [-0.05, 0) is 6.07 Å². The lowest BCUT2D eigenvalue weighted by molar-refractivity contribution is 0.0103. The summed E-state index contributed by atoms with van der Waals surface area (Å²) >= 11 is 0.720. The number of nitrogens with zero attached hydrogens (tertiary/aromatic N) is 2. The van der Waals surface area contributed by atoms with Crippen LogP contribution in [0.2, 0.25) is 0 Å². The molecule has 1 saturated heterocycles. The third kappa shape index (κ3) is 6.67. The number of hydrogen-bond acceptors (Lipinski definition) is 12. The molecule has 1 fully saturated rings. The highest BCUT2D eigenvalue weighted by Gasteiger charge is 2.46. The summed E-state index contributed by atoms with van der Waals surface area (Å²) in [7, 11) is -16.6. The van der Waals surface area contributed by atoms with Crippen LogP contribution in [0.3, 0.4) is 0 Å². The lowest BCUT2D eigenvalue weighted by Gasteiger charge is -2.19. The second kappa shape index (κ2) is 8.85. The Labute approximate surface area is 165 Å². The predicted octanol–water partition coefficient (Wildman–Crippen LogP) is -1.50. The number of aliphatic hydroxyl groups excluding tert-OH is 2. The third-order valence-electron chi connectivity index (χ3n) is 3.32. The molecule has 1 aromatic heterocycles. The van der Waals surface area contributed by atoms with Gasteiger partial charge in [-0.15, -0.1) is 11.8 Å². The van der Waals surface area contributed by atoms with Gasteiger partial charge in [-0.25, -0.2) is 23.5 Å². The van der Waals surface area contributed by atoms with E-state index in [1.54, 1.807) is 0 Å². The fourth-order valence-electron chi connectivity index (χ4n) is 2.24. The van der Waals surface area contributed by atoms with Gasteiger partial charge in [0, 0.05) is 6.20 Å². The Hall–Kier alpha value is -0.640. The molecule has 0 aliphatic carbocycles. The van der Waals surface area contributed by atoms with E-state index in [2.05, 4.69) is 18.1 Å². The summed E-state index contributed by atoms with van der Waals surface area (Å²) in [5.74, 6) is -0.0812. The zero-order chi connectivity index (χ0) is 22.2. The average Bonchev–Trinajstić information content (AvgIpc) is 2.78. The van der Waals surface area contributed by atoms with E-state index in [0.29, 0.717) is 0 Å². The maximum absolute atomic E-state index is 11.9. The molecule has 0 saturated carbocycles. The minimum Gasteiger partial charge on any atom is -0.389 e. The first-order valence-corrected chi connectivity index (χ1v) is 12.7. The quantitative estimate of drug-likeness (QED) is 0.201. The number of rotatable bonds is 8. The fraction of sp³-hybridized carbons (Fsp3) is 0.556. The standard InChI is InChI=1S/C9H16N3O13P3S/c10-5-1-2-11-9(15)12(5)8-7(14)6(13)4(29-8)3-23-27(19,20)25-28(21,22)24-26(16,17)18/h1-2,4,6-8,13-14H,3,10H2,(H,19,20)(H,21,22)(H2,16,17,18). The van der Waals surface area contributed by atoms with Crippen molar-refractivity contribution in [2.75, 3.05) is 12.3 Å². The first-order valence-electron chi connectivity index (χ1n) is 7.25. The van der Waals surface area contributed by atoms with Crippen molar-refractivity contribution in [3.8, 4) is 0 Å². The summed E-state index contributed by atoms with van der Waals surface area (Å²) in [6, 6.07) is 1.26. The van der Waals surface area contributed by atoms with E-state index >= 15 is 0 Å². The van der Waals surface area contributed by atoms with Crippen molar-refractivity contribution in [2.24, 2.45) is 0 Å². The molecule has 6 atom stereocenters. The first kappa shape index (κ1) is 24.6. The number of aromatic nitrogens is 2. The second-order valence-electron chi connectivity index (χ2n) is 5.46. The van der Waals surface area contributed by atoms with Crippen molar-refractivity contribution in [1.29, 1.82) is 0 Å². The Morgan fingerprint density at radius 3 is 2.28 bits per heavy atom. The highest BCUT2D eigenvalue weighted by atomic mass is 32.2. The molecule has 20 heteroatoms. The van der Waals surface area contributed by atoms with Crippen LogP contribution in [-0.2, 0) is 26.8 Å². The van der Waals surface area contributed by atoms with Gasteiger partial charge in [0.2, 0.25) is 0 Å². The van der Waals surface area contributed by atoms with Gasteiger partial charge in [0.15, 0.2) is 0 Å². The van der Waals surface area contributed by atoms with Gasteiger partial charge >= 0.3 is 29.2 Å². The number of aliphatic hydroxyl groups is 2. The number of phosphoric acid groups is 3. The number of thioether (sulfide) groups is 1. The average molecular weight is 499 g/mol. The summed E-state index contributed by atoms with van der Waals surface area (Å²) in [5, 5.41) is 17.9. The normalized spacial score (nSPS) is 29.3. The largest absolute Gasteiger partial charge is 0.490 e. The molecule has 8 N–H and O–H groups in total. The molecule has 6 unspecified atom stereocenters. The molecule has 0 bridgehead atoms. The van der Waals surface area contributed by atoms with Crippen molar-refractivity contribution in [3.05, 3.63) is 22.7 Å². The van der Waals surface area contributed by atoms with Crippen LogP contribution in [0.25, 0.3) is 0 Å². The van der Waals surface area contributed by atoms with Crippen molar-refractivity contribution < 1.29 is 56.6 Å². The van der Waals surface area contributed by atoms with E-state index < -0.39 is 58.6 Å². The van der Waals surface area contributed by atoms with Crippen LogP contribution in [0.15, 0.2) is 17.1 Å². The molecule has 1 aliphatic heterocycles. The molecule has 2 heterocycles. The summed E-state index contributed by atoms with van der Waals surface area (Å²) in [6.07, 6.45) is -2.04. The minimum absolute atomic E-state index is 0.0812. The van der Waals surface area contributed by atoms with Crippen LogP contribution in [0.4, 0.5) is 5.82 Å². The molecule has 0 amide bonds. The molecule has 0 radical (unpaired) electrons. The molecule has 1 aliphatic rings. The van der Waals surface area contributed by atoms with Gasteiger partial charge in [0.05, 0.1) is 18.0 Å². The Bertz CT molecular complexity index is 951. The SMILES string of the molecule is Nc1ccnc(=O)n1C1SC(COP(=O)(O)OP(=O)(O)OP(=O)(O)O)C(O)C1O. The van der Waals surface area contributed by atoms with Crippen molar-refractivity contribution in [2.45, 2.75) is 22.8 Å². The van der Waals surface area contributed by atoms with E-state index in [9.17, 15) is 33.6 Å². The zero-order valence-corrected chi connectivity index (χ0v) is 17.4. The highest BCUT2D eigenvalue weighted by Crippen LogP contribution is 2.66. The minimum atomic E-state index is -5.69. The highest BCUT2D eigenvalue weighted by molar-refractivity contribution is 8.00. The van der Waals surface area contributed by atoms with Crippen molar-refractivity contribution in [1.82, 2.24) is 9.55 Å². The zero-order valence-electron chi connectivity index (χ0n) is 13.9. The Morgan fingerprint density at radius 1 is 1.10 bits per heavy atom. The molecule has 0 spiro atoms. The van der Waals surface area contributed by atoms with Gasteiger partial charge in [-0.1, -0.05) is 0 Å². The molecular weight excluding hydrogens is 483 g/mol. The topological polar surface area (TPSA) is 261 Å². The summed E-state index contributed by atoms with van der Waals surface area (Å²) in [6.45, 7) is -0.849. The number of phosphoric ester groups is 1. The smallest absolute Gasteiger partial charge is 0.389 e.